The van der Waals surface area contributed by atoms with Crippen LogP contribution in [-0.4, -0.2) is 55.1 Å². The maximum atomic E-state index is 12.5. The van der Waals surface area contributed by atoms with Gasteiger partial charge in [-0.1, -0.05) is 17.7 Å². The van der Waals surface area contributed by atoms with E-state index in [9.17, 15) is 4.79 Å². The third-order valence-corrected chi connectivity index (χ3v) is 4.59. The Morgan fingerprint density at radius 2 is 1.57 bits per heavy atom. The highest BCUT2D eigenvalue weighted by atomic mass is 35.5. The smallest absolute Gasteiger partial charge is 0.320 e. The van der Waals surface area contributed by atoms with E-state index in [0.717, 1.165) is 62.8 Å². The summed E-state index contributed by atoms with van der Waals surface area (Å²) in [5.74, 6) is 0. The van der Waals surface area contributed by atoms with Gasteiger partial charge in [0.1, 0.15) is 0 Å². The van der Waals surface area contributed by atoms with Crippen molar-refractivity contribution >= 4 is 23.3 Å². The molecule has 0 unspecified atom stereocenters. The number of rotatable bonds is 1. The van der Waals surface area contributed by atoms with Gasteiger partial charge in [-0.15, -0.1) is 0 Å². The molecule has 2 amide bonds. The summed E-state index contributed by atoms with van der Waals surface area (Å²) in [6.07, 6.45) is 3.55. The Morgan fingerprint density at radius 1 is 0.905 bits per heavy atom. The number of hydrogen-bond acceptors (Lipinski definition) is 2. The number of urea groups is 1. The lowest BCUT2D eigenvalue weighted by Crippen LogP contribution is -2.53. The summed E-state index contributed by atoms with van der Waals surface area (Å²) in [5.41, 5.74) is 1.15. The first-order valence-electron chi connectivity index (χ1n) is 7.78. The van der Waals surface area contributed by atoms with Gasteiger partial charge in [0.05, 0.1) is 0 Å². The maximum Gasteiger partial charge on any atom is 0.320 e. The number of halogens is 1. The van der Waals surface area contributed by atoms with Crippen molar-refractivity contribution in [2.24, 2.45) is 0 Å². The van der Waals surface area contributed by atoms with Crippen LogP contribution in [0.5, 0.6) is 0 Å². The van der Waals surface area contributed by atoms with Gasteiger partial charge in [0.25, 0.3) is 0 Å². The van der Waals surface area contributed by atoms with Gasteiger partial charge in [-0.25, -0.2) is 4.79 Å². The Bertz CT molecular complexity index is 494. The molecule has 2 aliphatic heterocycles. The Kier molecular flexibility index (Phi) is 4.54. The lowest BCUT2D eigenvalue weighted by Gasteiger charge is -2.39. The van der Waals surface area contributed by atoms with Crippen LogP contribution in [0.2, 0.25) is 5.02 Å². The van der Waals surface area contributed by atoms with Crippen LogP contribution in [0.3, 0.4) is 0 Å². The summed E-state index contributed by atoms with van der Waals surface area (Å²) >= 11 is 6.05. The Labute approximate surface area is 131 Å². The highest BCUT2D eigenvalue weighted by Gasteiger charge is 2.26. The minimum Gasteiger partial charge on any atom is -0.368 e. The molecule has 4 nitrogen and oxygen atoms in total. The number of piperazine rings is 1. The molecule has 0 aromatic heterocycles. The molecule has 1 aromatic rings. The summed E-state index contributed by atoms with van der Waals surface area (Å²) in [4.78, 5) is 18.8. The lowest BCUT2D eigenvalue weighted by atomic mass is 10.1. The standard InChI is InChI=1S/C16H22ClN3O/c17-14-5-4-6-15(13-14)18-9-11-20(12-10-18)16(21)19-7-2-1-3-8-19/h4-6,13H,1-3,7-12H2. The predicted octanol–water partition coefficient (Wildman–Crippen LogP) is 3.07. The second kappa shape index (κ2) is 6.56. The lowest BCUT2D eigenvalue weighted by molar-refractivity contribution is 0.141. The first-order valence-corrected chi connectivity index (χ1v) is 8.16. The minimum atomic E-state index is 0.223. The van der Waals surface area contributed by atoms with Crippen LogP contribution in [0.25, 0.3) is 0 Å². The van der Waals surface area contributed by atoms with Crippen LogP contribution in [-0.2, 0) is 0 Å². The van der Waals surface area contributed by atoms with Crippen molar-refractivity contribution in [1.29, 1.82) is 0 Å². The van der Waals surface area contributed by atoms with E-state index in [1.54, 1.807) is 0 Å². The van der Waals surface area contributed by atoms with Crippen molar-refractivity contribution in [3.05, 3.63) is 29.3 Å². The summed E-state index contributed by atoms with van der Waals surface area (Å²) in [5, 5.41) is 0.763. The van der Waals surface area contributed by atoms with E-state index in [-0.39, 0.29) is 6.03 Å². The zero-order valence-electron chi connectivity index (χ0n) is 12.3. The Hall–Kier alpha value is -1.42. The van der Waals surface area contributed by atoms with Gasteiger partial charge in [0.2, 0.25) is 0 Å². The van der Waals surface area contributed by atoms with Gasteiger partial charge in [-0.2, -0.15) is 0 Å². The van der Waals surface area contributed by atoms with Crippen LogP contribution in [0.4, 0.5) is 10.5 Å². The van der Waals surface area contributed by atoms with Gasteiger partial charge >= 0.3 is 6.03 Å². The summed E-state index contributed by atoms with van der Waals surface area (Å²) < 4.78 is 0. The number of nitrogens with zero attached hydrogens (tertiary/aromatic N) is 3. The second-order valence-corrected chi connectivity index (χ2v) is 6.22. The molecule has 0 spiro atoms. The van der Waals surface area contributed by atoms with E-state index in [0.29, 0.717) is 0 Å². The van der Waals surface area contributed by atoms with Gasteiger partial charge in [-0.05, 0) is 37.5 Å². The largest absolute Gasteiger partial charge is 0.368 e. The second-order valence-electron chi connectivity index (χ2n) is 5.78. The molecule has 2 heterocycles. The monoisotopic (exact) mass is 307 g/mol. The molecule has 0 N–H and O–H groups in total. The number of piperidine rings is 1. The zero-order chi connectivity index (χ0) is 14.7. The molecule has 0 atom stereocenters. The number of likely N-dealkylation sites (tertiary alicyclic amines) is 1. The third kappa shape index (κ3) is 3.43. The summed E-state index contributed by atoms with van der Waals surface area (Å²) in [6, 6.07) is 8.15. The van der Waals surface area contributed by atoms with Crippen molar-refractivity contribution in [1.82, 2.24) is 9.80 Å². The minimum absolute atomic E-state index is 0.223. The molecule has 2 saturated heterocycles. The summed E-state index contributed by atoms with van der Waals surface area (Å²) in [7, 11) is 0. The Morgan fingerprint density at radius 3 is 2.24 bits per heavy atom. The average molecular weight is 308 g/mol. The van der Waals surface area contributed by atoms with Gasteiger partial charge in [-0.3, -0.25) is 0 Å². The first-order chi connectivity index (χ1) is 10.2. The normalized spacial score (nSPS) is 19.8. The number of carbonyl (C=O) groups excluding carboxylic acids is 1. The van der Waals surface area contributed by atoms with E-state index in [1.165, 1.54) is 6.42 Å². The fourth-order valence-electron chi connectivity index (χ4n) is 3.11. The molecular weight excluding hydrogens is 286 g/mol. The molecule has 2 fully saturated rings. The SMILES string of the molecule is O=C(N1CCCCC1)N1CCN(c2cccc(Cl)c2)CC1. The molecule has 21 heavy (non-hydrogen) atoms. The van der Waals surface area contributed by atoms with E-state index in [2.05, 4.69) is 11.0 Å². The summed E-state index contributed by atoms with van der Waals surface area (Å²) in [6.45, 7) is 5.18. The zero-order valence-corrected chi connectivity index (χ0v) is 13.1. The van der Waals surface area contributed by atoms with E-state index < -0.39 is 0 Å². The van der Waals surface area contributed by atoms with Crippen LogP contribution >= 0.6 is 11.6 Å². The molecule has 5 heteroatoms. The van der Waals surface area contributed by atoms with Gasteiger partial charge < -0.3 is 14.7 Å². The van der Waals surface area contributed by atoms with Crippen molar-refractivity contribution in [2.45, 2.75) is 19.3 Å². The number of benzene rings is 1. The molecule has 1 aromatic carbocycles. The number of amides is 2. The van der Waals surface area contributed by atoms with E-state index >= 15 is 0 Å². The number of carbonyl (C=O) groups is 1. The highest BCUT2D eigenvalue weighted by Crippen LogP contribution is 2.21. The van der Waals surface area contributed by atoms with Crippen LogP contribution in [0.15, 0.2) is 24.3 Å². The molecule has 2 aliphatic rings. The first kappa shape index (κ1) is 14.5. The average Bonchev–Trinajstić information content (AvgIpc) is 2.55. The number of hydrogen-bond donors (Lipinski definition) is 0. The molecule has 0 aliphatic carbocycles. The van der Waals surface area contributed by atoms with Crippen molar-refractivity contribution in [3.8, 4) is 0 Å². The van der Waals surface area contributed by atoms with Crippen molar-refractivity contribution < 1.29 is 4.79 Å². The fourth-order valence-corrected chi connectivity index (χ4v) is 3.30. The van der Waals surface area contributed by atoms with Crippen molar-refractivity contribution in [2.75, 3.05) is 44.2 Å². The molecular formula is C16H22ClN3O. The molecule has 3 rings (SSSR count). The van der Waals surface area contributed by atoms with Crippen LogP contribution in [0.1, 0.15) is 19.3 Å². The Balaban J connectivity index is 1.56. The van der Waals surface area contributed by atoms with Crippen molar-refractivity contribution in [3.63, 3.8) is 0 Å². The van der Waals surface area contributed by atoms with Crippen LogP contribution in [0, 0.1) is 0 Å². The van der Waals surface area contributed by atoms with E-state index in [4.69, 9.17) is 11.6 Å². The van der Waals surface area contributed by atoms with Gasteiger partial charge in [0, 0.05) is 50.0 Å². The van der Waals surface area contributed by atoms with Gasteiger partial charge in [0.15, 0.2) is 0 Å². The highest BCUT2D eigenvalue weighted by molar-refractivity contribution is 6.30. The number of anilines is 1. The molecule has 0 radical (unpaired) electrons. The predicted molar refractivity (Wildman–Crippen MR) is 86.1 cm³/mol. The molecule has 114 valence electrons. The topological polar surface area (TPSA) is 26.8 Å². The quantitative estimate of drug-likeness (QED) is 0.797. The maximum absolute atomic E-state index is 12.5. The third-order valence-electron chi connectivity index (χ3n) is 4.35. The molecule has 0 saturated carbocycles. The molecule has 0 bridgehead atoms. The fraction of sp³-hybridized carbons (Fsp3) is 0.562. The van der Waals surface area contributed by atoms with E-state index in [1.807, 2.05) is 28.0 Å². The van der Waals surface area contributed by atoms with Crippen LogP contribution < -0.4 is 4.90 Å².